The predicted octanol–water partition coefficient (Wildman–Crippen LogP) is -7.30. The van der Waals surface area contributed by atoms with Gasteiger partial charge in [-0.05, 0) is 0 Å². The molecule has 4 nitrogen and oxygen atoms in total. The van der Waals surface area contributed by atoms with E-state index in [1.54, 1.807) is 0 Å². The molecule has 8 heteroatoms. The van der Waals surface area contributed by atoms with E-state index in [9.17, 15) is 0 Å². The Bertz CT molecular complexity index is 60.2. The van der Waals surface area contributed by atoms with E-state index in [-0.39, 0.29) is 47.9 Å². The number of hydrogen-bond acceptors (Lipinski definition) is 1. The van der Waals surface area contributed by atoms with Crippen molar-refractivity contribution in [1.82, 2.24) is 0 Å². The van der Waals surface area contributed by atoms with E-state index in [0.717, 1.165) is 0 Å². The Balaban J connectivity index is -0.0000000267. The van der Waals surface area contributed by atoms with Crippen molar-refractivity contribution in [2.45, 2.75) is 0 Å². The van der Waals surface area contributed by atoms with Crippen molar-refractivity contribution in [3.05, 3.63) is 0 Å². The minimum atomic E-state index is -4.64. The number of hydrogen-bond donors (Lipinski definition) is 3. The topological polar surface area (TPSA) is 77.8 Å². The maximum absolute atomic E-state index is 8.88. The van der Waals surface area contributed by atoms with Gasteiger partial charge in [-0.1, -0.05) is 0 Å². The zero-order valence-electron chi connectivity index (χ0n) is 3.66. The summed E-state index contributed by atoms with van der Waals surface area (Å²) in [6.45, 7) is 0. The van der Waals surface area contributed by atoms with Crippen LogP contribution in [-0.2, 0) is 4.57 Å². The van der Waals surface area contributed by atoms with E-state index < -0.39 is 7.82 Å². The Morgan fingerprint density at radius 2 is 1.00 bits per heavy atom. The molecule has 0 fully saturated rings. The van der Waals surface area contributed by atoms with Gasteiger partial charge in [0.15, 0.2) is 0 Å². The van der Waals surface area contributed by atoms with Gasteiger partial charge in [-0.15, -0.1) is 0 Å². The zero-order valence-corrected chi connectivity index (χ0v) is 7.48. The van der Waals surface area contributed by atoms with E-state index in [0.29, 0.717) is 0 Å². The molecule has 3 N–H and O–H groups in total. The van der Waals surface area contributed by atoms with Crippen LogP contribution in [0.4, 0.5) is 0 Å². The summed E-state index contributed by atoms with van der Waals surface area (Å²) in [6.07, 6.45) is 0. The van der Waals surface area contributed by atoms with E-state index in [1.165, 1.54) is 0 Å². The van der Waals surface area contributed by atoms with E-state index in [1.807, 2.05) is 0 Å². The van der Waals surface area contributed by atoms with Crippen LogP contribution in [0.15, 0.2) is 0 Å². The smallest absolute Gasteiger partial charge is 1.00 e. The molecule has 0 saturated carbocycles. The average Bonchev–Trinajstić information content (AvgIpc) is 0.722. The third-order valence-electron chi connectivity index (χ3n) is 0. The van der Waals surface area contributed by atoms with E-state index in [4.69, 9.17) is 19.2 Å². The summed E-state index contributed by atoms with van der Waals surface area (Å²) in [5.74, 6) is 0. The van der Waals surface area contributed by atoms with Crippen molar-refractivity contribution in [2.75, 3.05) is 0 Å². The summed E-state index contributed by atoms with van der Waals surface area (Å²) in [5.41, 5.74) is 0. The third-order valence-corrected chi connectivity index (χ3v) is 0. The maximum atomic E-state index is 8.88. The van der Waals surface area contributed by atoms with Gasteiger partial charge in [0, 0.05) is 0 Å². The zero-order chi connectivity index (χ0) is 4.50. The predicted molar refractivity (Wildman–Crippen MR) is 20.0 cm³/mol. The first kappa shape index (κ1) is 22.7. The molecule has 0 saturated heterocycles. The van der Waals surface area contributed by atoms with E-state index in [2.05, 4.69) is 0 Å². The number of rotatable bonds is 0. The van der Waals surface area contributed by atoms with E-state index >= 15 is 0 Å². The van der Waals surface area contributed by atoms with Gasteiger partial charge in [-0.25, -0.2) is 4.57 Å². The molecule has 0 aromatic rings. The van der Waals surface area contributed by atoms with Crippen molar-refractivity contribution in [3.8, 4) is 0 Å². The maximum Gasteiger partial charge on any atom is 2.00 e. The van der Waals surface area contributed by atoms with Gasteiger partial charge in [0.2, 0.25) is 0 Å². The standard InChI is InChI=1S/2ClH.Mg.H3O4P/c;;;1-5(2,3)4/h2*1H;;(H3,1,2,3,4)/q;;+2;/p-2. The fourth-order valence-corrected chi connectivity index (χ4v) is 0. The summed E-state index contributed by atoms with van der Waals surface area (Å²) in [6, 6.07) is 0. The normalized spacial score (nSPS) is 7.38. The second kappa shape index (κ2) is 8.46. The fourth-order valence-electron chi connectivity index (χ4n) is 0. The van der Waals surface area contributed by atoms with Gasteiger partial charge < -0.3 is 39.5 Å². The van der Waals surface area contributed by atoms with Crippen LogP contribution in [0.3, 0.4) is 0 Å². The Hall–Kier alpha value is 1.46. The van der Waals surface area contributed by atoms with Crippen LogP contribution in [-0.4, -0.2) is 37.7 Å². The summed E-state index contributed by atoms with van der Waals surface area (Å²) in [4.78, 5) is 21.6. The molecule has 0 amide bonds. The van der Waals surface area contributed by atoms with Crippen LogP contribution >= 0.6 is 7.82 Å². The van der Waals surface area contributed by atoms with Gasteiger partial charge in [0.1, 0.15) is 0 Å². The molecule has 0 radical (unpaired) electrons. The molecule has 0 aromatic heterocycles. The van der Waals surface area contributed by atoms with Gasteiger partial charge in [-0.2, -0.15) is 0 Å². The molecule has 0 spiro atoms. The number of halogens is 2. The molecule has 0 aromatic carbocycles. The van der Waals surface area contributed by atoms with Crippen LogP contribution in [0.2, 0.25) is 0 Å². The Labute approximate surface area is 74.9 Å². The molecule has 48 valence electrons. The molecule has 0 aliphatic rings. The second-order valence-corrected chi connectivity index (χ2v) is 1.54. The second-order valence-electron chi connectivity index (χ2n) is 0.513. The van der Waals surface area contributed by atoms with Crippen LogP contribution in [0, 0.1) is 0 Å². The molecule has 0 bridgehead atoms. The van der Waals surface area contributed by atoms with Crippen molar-refractivity contribution >= 4 is 30.9 Å². The average molecular weight is 193 g/mol. The SMILES string of the molecule is O=P(O)(O)O.[Cl-].[Cl-].[Mg+2]. The summed E-state index contributed by atoms with van der Waals surface area (Å²) < 4.78 is 8.88. The summed E-state index contributed by atoms with van der Waals surface area (Å²) >= 11 is 0. The quantitative estimate of drug-likeness (QED) is 0.264. The van der Waals surface area contributed by atoms with Crippen LogP contribution in [0.5, 0.6) is 0 Å². The molecule has 0 unspecified atom stereocenters. The van der Waals surface area contributed by atoms with Crippen LogP contribution in [0.25, 0.3) is 0 Å². The molecule has 0 atom stereocenters. The minimum Gasteiger partial charge on any atom is -1.00 e. The van der Waals surface area contributed by atoms with Crippen molar-refractivity contribution in [1.29, 1.82) is 0 Å². The monoisotopic (exact) mass is 192 g/mol. The van der Waals surface area contributed by atoms with Gasteiger partial charge in [0.05, 0.1) is 0 Å². The van der Waals surface area contributed by atoms with Crippen molar-refractivity contribution in [2.24, 2.45) is 0 Å². The first-order valence-corrected chi connectivity index (χ1v) is 2.35. The van der Waals surface area contributed by atoms with Gasteiger partial charge in [0.25, 0.3) is 0 Å². The minimum absolute atomic E-state index is 0. The molecular weight excluding hydrogens is 190 g/mol. The third kappa shape index (κ3) is 147. The molecular formula is H3Cl2MgO4P. The molecule has 8 heavy (non-hydrogen) atoms. The molecule has 0 aliphatic heterocycles. The molecule has 0 rings (SSSR count). The van der Waals surface area contributed by atoms with Crippen LogP contribution < -0.4 is 24.8 Å². The Kier molecular flexibility index (Phi) is 24.0. The van der Waals surface area contributed by atoms with Crippen LogP contribution in [0.1, 0.15) is 0 Å². The Morgan fingerprint density at radius 1 is 1.00 bits per heavy atom. The van der Waals surface area contributed by atoms with Crippen molar-refractivity contribution < 1.29 is 44.1 Å². The Morgan fingerprint density at radius 3 is 1.00 bits per heavy atom. The largest absolute Gasteiger partial charge is 2.00 e. The first-order valence-electron chi connectivity index (χ1n) is 0.783. The molecule has 0 heterocycles. The van der Waals surface area contributed by atoms with Gasteiger partial charge in [-0.3, -0.25) is 0 Å². The fraction of sp³-hybridized carbons (Fsp3) is 0. The molecule has 0 aliphatic carbocycles. The summed E-state index contributed by atoms with van der Waals surface area (Å²) in [5, 5.41) is 0. The number of phosphoric acid groups is 1. The summed E-state index contributed by atoms with van der Waals surface area (Å²) in [7, 11) is -4.64. The van der Waals surface area contributed by atoms with Gasteiger partial charge >= 0.3 is 30.9 Å². The van der Waals surface area contributed by atoms with Crippen molar-refractivity contribution in [3.63, 3.8) is 0 Å². The first-order chi connectivity index (χ1) is 2.00.